The molecule has 1 aliphatic rings. The number of nitrogens with two attached hydrogens (primary N) is 1. The van der Waals surface area contributed by atoms with Crippen molar-refractivity contribution in [3.05, 3.63) is 24.3 Å². The third-order valence-corrected chi connectivity index (χ3v) is 6.28. The molecule has 1 aromatic carbocycles. The molecule has 2 rings (SSSR count). The summed E-state index contributed by atoms with van der Waals surface area (Å²) >= 11 is 0. The molecule has 0 spiro atoms. The first-order chi connectivity index (χ1) is 10.1. The monoisotopic (exact) mass is 310 g/mol. The number of nitrogens with one attached hydrogen (secondary N) is 1. The van der Waals surface area contributed by atoms with Gasteiger partial charge in [0, 0.05) is 12.2 Å². The van der Waals surface area contributed by atoms with Crippen molar-refractivity contribution in [1.82, 2.24) is 0 Å². The molecule has 1 fully saturated rings. The molecule has 4 nitrogen and oxygen atoms in total. The van der Waals surface area contributed by atoms with Crippen molar-refractivity contribution in [3.63, 3.8) is 0 Å². The molecule has 0 aliphatic heterocycles. The van der Waals surface area contributed by atoms with Crippen LogP contribution >= 0.6 is 0 Å². The molecular weight excluding hydrogens is 284 g/mol. The number of rotatable bonds is 6. The number of anilines is 1. The van der Waals surface area contributed by atoms with Crippen LogP contribution in [0.3, 0.4) is 0 Å². The van der Waals surface area contributed by atoms with Gasteiger partial charge in [-0.3, -0.25) is 0 Å². The predicted octanol–water partition coefficient (Wildman–Crippen LogP) is 2.66. The van der Waals surface area contributed by atoms with Gasteiger partial charge in [-0.05, 0) is 55.5 Å². The first kappa shape index (κ1) is 16.3. The Morgan fingerprint density at radius 3 is 2.33 bits per heavy atom. The Morgan fingerprint density at radius 2 is 1.76 bits per heavy atom. The van der Waals surface area contributed by atoms with Crippen molar-refractivity contribution in [2.75, 3.05) is 24.2 Å². The van der Waals surface area contributed by atoms with Gasteiger partial charge in [-0.2, -0.15) is 0 Å². The van der Waals surface area contributed by atoms with Gasteiger partial charge in [-0.15, -0.1) is 0 Å². The van der Waals surface area contributed by atoms with Gasteiger partial charge < -0.3 is 11.1 Å². The van der Waals surface area contributed by atoms with Crippen molar-refractivity contribution in [3.8, 4) is 0 Å². The summed E-state index contributed by atoms with van der Waals surface area (Å²) in [6, 6.07) is 7.07. The lowest BCUT2D eigenvalue weighted by Crippen LogP contribution is -2.31. The Kier molecular flexibility index (Phi) is 5.65. The summed E-state index contributed by atoms with van der Waals surface area (Å²) in [6.07, 6.45) is 5.05. The van der Waals surface area contributed by atoms with E-state index in [2.05, 4.69) is 5.32 Å². The minimum absolute atomic E-state index is 0.139. The number of hydrogen-bond donors (Lipinski definition) is 2. The van der Waals surface area contributed by atoms with Crippen LogP contribution in [0.2, 0.25) is 0 Å². The van der Waals surface area contributed by atoms with Crippen molar-refractivity contribution in [1.29, 1.82) is 0 Å². The van der Waals surface area contributed by atoms with E-state index in [4.69, 9.17) is 5.73 Å². The quantitative estimate of drug-likeness (QED) is 0.847. The molecule has 0 bridgehead atoms. The molecule has 118 valence electrons. The van der Waals surface area contributed by atoms with E-state index in [1.807, 2.05) is 12.1 Å². The fourth-order valence-corrected chi connectivity index (χ4v) is 3.94. The molecule has 0 saturated heterocycles. The summed E-state index contributed by atoms with van der Waals surface area (Å²) in [4.78, 5) is 0.396. The fourth-order valence-electron chi connectivity index (χ4n) is 3.06. The first-order valence-corrected chi connectivity index (χ1v) is 9.49. The normalized spacial score (nSPS) is 23.0. The van der Waals surface area contributed by atoms with Crippen LogP contribution < -0.4 is 11.1 Å². The van der Waals surface area contributed by atoms with Crippen LogP contribution in [0.4, 0.5) is 5.69 Å². The van der Waals surface area contributed by atoms with Crippen LogP contribution in [0, 0.1) is 11.8 Å². The molecule has 1 aromatic rings. The predicted molar refractivity (Wildman–Crippen MR) is 87.2 cm³/mol. The summed E-state index contributed by atoms with van der Waals surface area (Å²) in [5, 5.41) is 3.42. The topological polar surface area (TPSA) is 72.2 Å². The van der Waals surface area contributed by atoms with Gasteiger partial charge in [0.25, 0.3) is 0 Å². The van der Waals surface area contributed by atoms with Crippen LogP contribution in [-0.2, 0) is 9.84 Å². The molecular formula is C16H26N2O2S. The van der Waals surface area contributed by atoms with Gasteiger partial charge in [-0.1, -0.05) is 19.8 Å². The van der Waals surface area contributed by atoms with Gasteiger partial charge in [0.15, 0.2) is 9.84 Å². The number of benzene rings is 1. The fraction of sp³-hybridized carbons (Fsp3) is 0.625. The molecule has 5 heteroatoms. The lowest BCUT2D eigenvalue weighted by atomic mass is 9.79. The van der Waals surface area contributed by atoms with Gasteiger partial charge >= 0.3 is 0 Å². The smallest absolute Gasteiger partial charge is 0.178 e. The van der Waals surface area contributed by atoms with Crippen molar-refractivity contribution in [2.24, 2.45) is 17.6 Å². The summed E-state index contributed by atoms with van der Waals surface area (Å²) in [5.41, 5.74) is 6.83. The second kappa shape index (κ2) is 7.27. The summed E-state index contributed by atoms with van der Waals surface area (Å²) < 4.78 is 23.5. The van der Waals surface area contributed by atoms with Gasteiger partial charge in [0.2, 0.25) is 0 Å². The van der Waals surface area contributed by atoms with Crippen molar-refractivity contribution in [2.45, 2.75) is 37.5 Å². The van der Waals surface area contributed by atoms with Crippen LogP contribution in [0.1, 0.15) is 32.6 Å². The third kappa shape index (κ3) is 4.20. The summed E-state index contributed by atoms with van der Waals surface area (Å²) in [5.74, 6) is 1.38. The Morgan fingerprint density at radius 1 is 1.14 bits per heavy atom. The Bertz CT molecular complexity index is 540. The maximum Gasteiger partial charge on any atom is 0.178 e. The highest BCUT2D eigenvalue weighted by molar-refractivity contribution is 7.91. The maximum absolute atomic E-state index is 11.8. The van der Waals surface area contributed by atoms with E-state index in [0.29, 0.717) is 16.7 Å². The van der Waals surface area contributed by atoms with Gasteiger partial charge in [0.1, 0.15) is 0 Å². The molecule has 1 aliphatic carbocycles. The second-order valence-electron chi connectivity index (χ2n) is 5.85. The molecule has 0 heterocycles. The molecule has 1 saturated carbocycles. The van der Waals surface area contributed by atoms with Gasteiger partial charge in [-0.25, -0.2) is 8.42 Å². The number of sulfone groups is 1. The highest BCUT2D eigenvalue weighted by atomic mass is 32.2. The van der Waals surface area contributed by atoms with E-state index in [0.717, 1.165) is 18.8 Å². The summed E-state index contributed by atoms with van der Waals surface area (Å²) in [7, 11) is -3.11. The zero-order valence-corrected chi connectivity index (χ0v) is 13.5. The van der Waals surface area contributed by atoms with Crippen molar-refractivity contribution < 1.29 is 8.42 Å². The third-order valence-electron chi connectivity index (χ3n) is 4.53. The molecule has 0 radical (unpaired) electrons. The number of hydrogen-bond acceptors (Lipinski definition) is 4. The highest BCUT2D eigenvalue weighted by Crippen LogP contribution is 2.29. The van der Waals surface area contributed by atoms with E-state index in [-0.39, 0.29) is 5.75 Å². The molecule has 2 unspecified atom stereocenters. The molecule has 0 amide bonds. The Hall–Kier alpha value is -1.07. The standard InChI is InChI=1S/C16H26N2O2S/c1-2-21(19,20)16-9-7-15(8-10-16)18-12-14-6-4-3-5-13(14)11-17/h7-10,13-14,18H,2-6,11-12,17H2,1H3. The van der Waals surface area contributed by atoms with Crippen molar-refractivity contribution >= 4 is 15.5 Å². The summed E-state index contributed by atoms with van der Waals surface area (Å²) in [6.45, 7) is 3.35. The van der Waals surface area contributed by atoms with Crippen LogP contribution in [0.25, 0.3) is 0 Å². The second-order valence-corrected chi connectivity index (χ2v) is 8.13. The first-order valence-electron chi connectivity index (χ1n) is 7.83. The lowest BCUT2D eigenvalue weighted by molar-refractivity contribution is 0.255. The molecule has 0 aromatic heterocycles. The SMILES string of the molecule is CCS(=O)(=O)c1ccc(NCC2CCCCC2CN)cc1. The highest BCUT2D eigenvalue weighted by Gasteiger charge is 2.23. The minimum Gasteiger partial charge on any atom is -0.385 e. The van der Waals surface area contributed by atoms with E-state index < -0.39 is 9.84 Å². The van der Waals surface area contributed by atoms with Crippen LogP contribution in [0.5, 0.6) is 0 Å². The van der Waals surface area contributed by atoms with Gasteiger partial charge in [0.05, 0.1) is 10.6 Å². The molecule has 2 atom stereocenters. The average Bonchev–Trinajstić information content (AvgIpc) is 2.53. The zero-order chi connectivity index (χ0) is 15.3. The largest absolute Gasteiger partial charge is 0.385 e. The molecule has 21 heavy (non-hydrogen) atoms. The van der Waals surface area contributed by atoms with E-state index in [1.54, 1.807) is 19.1 Å². The van der Waals surface area contributed by atoms with E-state index in [1.165, 1.54) is 25.7 Å². The Balaban J connectivity index is 1.94. The van der Waals surface area contributed by atoms with Crippen LogP contribution in [-0.4, -0.2) is 27.3 Å². The van der Waals surface area contributed by atoms with E-state index in [9.17, 15) is 8.42 Å². The molecule has 3 N–H and O–H groups in total. The minimum atomic E-state index is -3.11. The van der Waals surface area contributed by atoms with Crippen LogP contribution in [0.15, 0.2) is 29.2 Å². The average molecular weight is 310 g/mol. The Labute approximate surface area is 128 Å². The maximum atomic E-state index is 11.8. The zero-order valence-electron chi connectivity index (χ0n) is 12.7. The van der Waals surface area contributed by atoms with E-state index >= 15 is 0 Å². The lowest BCUT2D eigenvalue weighted by Gasteiger charge is -2.31.